The van der Waals surface area contributed by atoms with Crippen molar-refractivity contribution in [3.8, 4) is 0 Å². The molecule has 0 aliphatic carbocycles. The second kappa shape index (κ2) is 7.28. The molecule has 2 aromatic rings. The van der Waals surface area contributed by atoms with Gasteiger partial charge in [0.05, 0.1) is 24.6 Å². The SMILES string of the molecule is O=C(Nc1ccccc1F)N(Cc1ccco1)C[C@H]1CCCO1. The van der Waals surface area contributed by atoms with Crippen molar-refractivity contribution in [2.75, 3.05) is 18.5 Å². The fourth-order valence-corrected chi connectivity index (χ4v) is 2.60. The molecule has 6 heteroatoms. The first-order valence-electron chi connectivity index (χ1n) is 7.67. The third kappa shape index (κ3) is 4.10. The van der Waals surface area contributed by atoms with E-state index in [0.29, 0.717) is 25.5 Å². The number of rotatable bonds is 5. The Bertz CT molecular complexity index is 639. The second-order valence-electron chi connectivity index (χ2n) is 5.50. The molecule has 1 saturated heterocycles. The molecule has 1 aromatic carbocycles. The maximum Gasteiger partial charge on any atom is 0.322 e. The van der Waals surface area contributed by atoms with Gasteiger partial charge in [-0.3, -0.25) is 0 Å². The number of halogens is 1. The van der Waals surface area contributed by atoms with E-state index < -0.39 is 5.82 Å². The highest BCUT2D eigenvalue weighted by atomic mass is 19.1. The quantitative estimate of drug-likeness (QED) is 0.916. The summed E-state index contributed by atoms with van der Waals surface area (Å²) in [5.41, 5.74) is 0.161. The largest absolute Gasteiger partial charge is 0.467 e. The lowest BCUT2D eigenvalue weighted by molar-refractivity contribution is 0.0803. The monoisotopic (exact) mass is 318 g/mol. The molecular weight excluding hydrogens is 299 g/mol. The molecule has 2 amide bonds. The van der Waals surface area contributed by atoms with E-state index in [1.807, 2.05) is 0 Å². The van der Waals surface area contributed by atoms with Gasteiger partial charge in [0.25, 0.3) is 0 Å². The number of hydrogen-bond acceptors (Lipinski definition) is 3. The van der Waals surface area contributed by atoms with Crippen LogP contribution in [-0.2, 0) is 11.3 Å². The summed E-state index contributed by atoms with van der Waals surface area (Å²) < 4.78 is 24.6. The first-order valence-corrected chi connectivity index (χ1v) is 7.67. The Balaban J connectivity index is 1.70. The summed E-state index contributed by atoms with van der Waals surface area (Å²) in [4.78, 5) is 14.1. The zero-order valence-electron chi connectivity index (χ0n) is 12.7. The predicted octanol–water partition coefficient (Wildman–Crippen LogP) is 3.63. The molecule has 23 heavy (non-hydrogen) atoms. The summed E-state index contributed by atoms with van der Waals surface area (Å²) in [5.74, 6) is 0.211. The van der Waals surface area contributed by atoms with Gasteiger partial charge in [-0.15, -0.1) is 0 Å². The number of benzene rings is 1. The maximum atomic E-state index is 13.7. The molecule has 1 fully saturated rings. The van der Waals surface area contributed by atoms with Crippen molar-refractivity contribution < 1.29 is 18.3 Å². The van der Waals surface area contributed by atoms with Crippen molar-refractivity contribution >= 4 is 11.7 Å². The van der Waals surface area contributed by atoms with Crippen LogP contribution in [0.25, 0.3) is 0 Å². The Labute approximate surface area is 134 Å². The Morgan fingerprint density at radius 1 is 1.30 bits per heavy atom. The van der Waals surface area contributed by atoms with Crippen molar-refractivity contribution in [3.05, 3.63) is 54.2 Å². The van der Waals surface area contributed by atoms with Gasteiger partial charge in [-0.05, 0) is 37.1 Å². The van der Waals surface area contributed by atoms with E-state index in [-0.39, 0.29) is 17.8 Å². The van der Waals surface area contributed by atoms with Crippen LogP contribution in [-0.4, -0.2) is 30.2 Å². The molecule has 122 valence electrons. The molecule has 0 bridgehead atoms. The lowest BCUT2D eigenvalue weighted by Crippen LogP contribution is -2.39. The Morgan fingerprint density at radius 2 is 2.17 bits per heavy atom. The number of furan rings is 1. The van der Waals surface area contributed by atoms with Crippen LogP contribution >= 0.6 is 0 Å². The summed E-state index contributed by atoms with van der Waals surface area (Å²) in [6, 6.07) is 9.31. The van der Waals surface area contributed by atoms with Gasteiger partial charge in [-0.1, -0.05) is 12.1 Å². The molecule has 3 rings (SSSR count). The molecular formula is C17H19FN2O3. The minimum atomic E-state index is -0.462. The normalized spacial score (nSPS) is 17.2. The van der Waals surface area contributed by atoms with E-state index in [1.54, 1.807) is 35.4 Å². The fourth-order valence-electron chi connectivity index (χ4n) is 2.60. The van der Waals surface area contributed by atoms with Crippen LogP contribution < -0.4 is 5.32 Å². The minimum Gasteiger partial charge on any atom is -0.467 e. The van der Waals surface area contributed by atoms with Crippen molar-refractivity contribution in [3.63, 3.8) is 0 Å². The van der Waals surface area contributed by atoms with Crippen molar-refractivity contribution in [2.24, 2.45) is 0 Å². The van der Waals surface area contributed by atoms with Gasteiger partial charge in [0.2, 0.25) is 0 Å². The Kier molecular flexibility index (Phi) is 4.92. The maximum absolute atomic E-state index is 13.7. The van der Waals surface area contributed by atoms with Crippen LogP contribution in [0.1, 0.15) is 18.6 Å². The van der Waals surface area contributed by atoms with Crippen LogP contribution in [0.2, 0.25) is 0 Å². The number of hydrogen-bond donors (Lipinski definition) is 1. The van der Waals surface area contributed by atoms with Gasteiger partial charge in [-0.2, -0.15) is 0 Å². The summed E-state index contributed by atoms with van der Waals surface area (Å²) in [6.07, 6.45) is 3.49. The van der Waals surface area contributed by atoms with Crippen molar-refractivity contribution in [1.82, 2.24) is 4.90 Å². The number of urea groups is 1. The molecule has 0 unspecified atom stereocenters. The molecule has 1 atom stereocenters. The summed E-state index contributed by atoms with van der Waals surface area (Å²) >= 11 is 0. The zero-order valence-corrected chi connectivity index (χ0v) is 12.7. The minimum absolute atomic E-state index is 0.0105. The third-order valence-electron chi connectivity index (χ3n) is 3.78. The molecule has 1 N–H and O–H groups in total. The molecule has 2 heterocycles. The van der Waals surface area contributed by atoms with Crippen LogP contribution in [0.4, 0.5) is 14.9 Å². The number of carbonyl (C=O) groups is 1. The van der Waals surface area contributed by atoms with Gasteiger partial charge in [0.15, 0.2) is 0 Å². The number of anilines is 1. The highest BCUT2D eigenvalue weighted by molar-refractivity contribution is 5.89. The van der Waals surface area contributed by atoms with Crippen molar-refractivity contribution in [2.45, 2.75) is 25.5 Å². The summed E-state index contributed by atoms with van der Waals surface area (Å²) in [5, 5.41) is 2.61. The van der Waals surface area contributed by atoms with Crippen LogP contribution in [0, 0.1) is 5.82 Å². The highest BCUT2D eigenvalue weighted by Gasteiger charge is 2.24. The van der Waals surface area contributed by atoms with Gasteiger partial charge >= 0.3 is 6.03 Å². The van der Waals surface area contributed by atoms with Gasteiger partial charge in [0, 0.05) is 13.2 Å². The average Bonchev–Trinajstić information content (AvgIpc) is 3.22. The van der Waals surface area contributed by atoms with E-state index in [2.05, 4.69) is 5.32 Å². The molecule has 5 nitrogen and oxygen atoms in total. The van der Waals surface area contributed by atoms with E-state index in [1.165, 1.54) is 12.1 Å². The molecule has 0 radical (unpaired) electrons. The average molecular weight is 318 g/mol. The lowest BCUT2D eigenvalue weighted by atomic mass is 10.2. The predicted molar refractivity (Wildman–Crippen MR) is 83.5 cm³/mol. The number of nitrogens with zero attached hydrogens (tertiary/aromatic N) is 1. The molecule has 1 aliphatic heterocycles. The van der Waals surface area contributed by atoms with E-state index in [4.69, 9.17) is 9.15 Å². The number of nitrogens with one attached hydrogen (secondary N) is 1. The topological polar surface area (TPSA) is 54.7 Å². The molecule has 1 aliphatic rings. The first-order chi connectivity index (χ1) is 11.2. The van der Waals surface area contributed by atoms with Crippen LogP contribution in [0.5, 0.6) is 0 Å². The zero-order chi connectivity index (χ0) is 16.1. The van der Waals surface area contributed by atoms with E-state index in [0.717, 1.165) is 12.8 Å². The number of para-hydroxylation sites is 1. The van der Waals surface area contributed by atoms with Gasteiger partial charge in [0.1, 0.15) is 11.6 Å². The van der Waals surface area contributed by atoms with Gasteiger partial charge in [-0.25, -0.2) is 9.18 Å². The van der Waals surface area contributed by atoms with E-state index in [9.17, 15) is 9.18 Å². The Morgan fingerprint density at radius 3 is 2.87 bits per heavy atom. The fraction of sp³-hybridized carbons (Fsp3) is 0.353. The Hall–Kier alpha value is -2.34. The third-order valence-corrected chi connectivity index (χ3v) is 3.78. The first kappa shape index (κ1) is 15.6. The number of amides is 2. The smallest absolute Gasteiger partial charge is 0.322 e. The van der Waals surface area contributed by atoms with Crippen molar-refractivity contribution in [1.29, 1.82) is 0 Å². The van der Waals surface area contributed by atoms with Crippen LogP contribution in [0.15, 0.2) is 47.1 Å². The van der Waals surface area contributed by atoms with Crippen LogP contribution in [0.3, 0.4) is 0 Å². The summed E-state index contributed by atoms with van der Waals surface area (Å²) in [7, 11) is 0. The number of carbonyl (C=O) groups excluding carboxylic acids is 1. The molecule has 1 aromatic heterocycles. The number of ether oxygens (including phenoxy) is 1. The standard InChI is InChI=1S/C17H19FN2O3/c18-15-7-1-2-8-16(15)19-17(21)20(11-13-5-3-9-22-13)12-14-6-4-10-23-14/h1-3,5,7-9,14H,4,6,10-12H2,(H,19,21)/t14-/m1/s1. The van der Waals surface area contributed by atoms with E-state index >= 15 is 0 Å². The highest BCUT2D eigenvalue weighted by Crippen LogP contribution is 2.18. The molecule has 0 saturated carbocycles. The lowest BCUT2D eigenvalue weighted by Gasteiger charge is -2.25. The summed E-state index contributed by atoms with van der Waals surface area (Å²) in [6.45, 7) is 1.47. The van der Waals surface area contributed by atoms with Gasteiger partial charge < -0.3 is 19.4 Å². The second-order valence-corrected chi connectivity index (χ2v) is 5.50. The molecule has 0 spiro atoms.